The SMILES string of the molecule is CCCNCc1c(N(CCO)C2CC2)nc2ccccn12. The van der Waals surface area contributed by atoms with Crippen molar-refractivity contribution in [3.63, 3.8) is 0 Å². The lowest BCUT2D eigenvalue weighted by molar-refractivity contribution is 0.301. The maximum Gasteiger partial charge on any atom is 0.152 e. The van der Waals surface area contributed by atoms with Crippen LogP contribution < -0.4 is 10.2 Å². The van der Waals surface area contributed by atoms with Crippen LogP contribution in [0.2, 0.25) is 0 Å². The average molecular weight is 288 g/mol. The smallest absolute Gasteiger partial charge is 0.152 e. The maximum atomic E-state index is 9.36. The largest absolute Gasteiger partial charge is 0.395 e. The normalized spacial score (nSPS) is 14.8. The van der Waals surface area contributed by atoms with Gasteiger partial charge in [-0.05, 0) is 37.9 Å². The minimum absolute atomic E-state index is 0.173. The van der Waals surface area contributed by atoms with Crippen LogP contribution in [-0.4, -0.2) is 40.2 Å². The van der Waals surface area contributed by atoms with E-state index in [0.717, 1.165) is 31.0 Å². The standard InChI is InChI=1S/C16H24N4O/c1-2-8-17-12-14-16(19(10-11-21)13-6-7-13)18-15-5-3-4-9-20(14)15/h3-5,9,13,17,21H,2,6-8,10-12H2,1H3. The van der Waals surface area contributed by atoms with Gasteiger partial charge in [-0.2, -0.15) is 0 Å². The maximum absolute atomic E-state index is 9.36. The predicted molar refractivity (Wildman–Crippen MR) is 84.6 cm³/mol. The summed E-state index contributed by atoms with van der Waals surface area (Å²) in [6.45, 7) is 4.82. The van der Waals surface area contributed by atoms with Crippen molar-refractivity contribution in [2.75, 3.05) is 24.6 Å². The van der Waals surface area contributed by atoms with E-state index in [9.17, 15) is 5.11 Å². The van der Waals surface area contributed by atoms with Crippen LogP contribution in [0.5, 0.6) is 0 Å². The lowest BCUT2D eigenvalue weighted by Crippen LogP contribution is -2.31. The van der Waals surface area contributed by atoms with E-state index in [0.29, 0.717) is 12.6 Å². The summed E-state index contributed by atoms with van der Waals surface area (Å²) in [4.78, 5) is 7.08. The minimum Gasteiger partial charge on any atom is -0.395 e. The molecular weight excluding hydrogens is 264 g/mol. The topological polar surface area (TPSA) is 52.8 Å². The number of aliphatic hydroxyl groups is 1. The quantitative estimate of drug-likeness (QED) is 0.727. The first-order valence-corrected chi connectivity index (χ1v) is 7.89. The second-order valence-electron chi connectivity index (χ2n) is 5.64. The highest BCUT2D eigenvalue weighted by molar-refractivity contribution is 5.57. The molecule has 1 aliphatic carbocycles. The van der Waals surface area contributed by atoms with E-state index < -0.39 is 0 Å². The average Bonchev–Trinajstić information content (AvgIpc) is 3.28. The molecule has 0 spiro atoms. The molecule has 2 aromatic heterocycles. The van der Waals surface area contributed by atoms with Gasteiger partial charge in [-0.3, -0.25) is 0 Å². The van der Waals surface area contributed by atoms with Gasteiger partial charge in [-0.15, -0.1) is 0 Å². The third-order valence-corrected chi connectivity index (χ3v) is 3.93. The van der Waals surface area contributed by atoms with Crippen molar-refractivity contribution in [2.24, 2.45) is 0 Å². The number of nitrogens with one attached hydrogen (secondary N) is 1. The molecule has 0 radical (unpaired) electrons. The molecule has 1 aliphatic rings. The molecule has 1 saturated carbocycles. The van der Waals surface area contributed by atoms with E-state index in [1.807, 2.05) is 18.2 Å². The van der Waals surface area contributed by atoms with Crippen LogP contribution in [0.15, 0.2) is 24.4 Å². The molecule has 3 rings (SSSR count). The highest BCUT2D eigenvalue weighted by Crippen LogP contribution is 2.33. The highest BCUT2D eigenvalue weighted by Gasteiger charge is 2.32. The molecule has 1 fully saturated rings. The van der Waals surface area contributed by atoms with Crippen LogP contribution in [0.4, 0.5) is 5.82 Å². The molecule has 0 amide bonds. The summed E-state index contributed by atoms with van der Waals surface area (Å²) in [5.41, 5.74) is 2.17. The number of nitrogens with zero attached hydrogens (tertiary/aromatic N) is 3. The molecule has 0 bridgehead atoms. The Bertz CT molecular complexity index is 591. The number of pyridine rings is 1. The predicted octanol–water partition coefficient (Wildman–Crippen LogP) is 1.79. The molecule has 0 aliphatic heterocycles. The first kappa shape index (κ1) is 14.4. The van der Waals surface area contributed by atoms with E-state index in [1.165, 1.54) is 18.5 Å². The first-order valence-electron chi connectivity index (χ1n) is 7.89. The summed E-state index contributed by atoms with van der Waals surface area (Å²) in [5.74, 6) is 1.03. The molecule has 21 heavy (non-hydrogen) atoms. The molecule has 0 saturated heterocycles. The summed E-state index contributed by atoms with van der Waals surface area (Å²) in [6.07, 6.45) is 5.60. The zero-order valence-electron chi connectivity index (χ0n) is 12.6. The summed E-state index contributed by atoms with van der Waals surface area (Å²) in [7, 11) is 0. The number of rotatable bonds is 8. The van der Waals surface area contributed by atoms with Gasteiger partial charge in [0.2, 0.25) is 0 Å². The number of imidazole rings is 1. The molecule has 114 valence electrons. The number of anilines is 1. The number of aliphatic hydroxyl groups excluding tert-OH is 1. The van der Waals surface area contributed by atoms with Crippen molar-refractivity contribution in [1.82, 2.24) is 14.7 Å². The van der Waals surface area contributed by atoms with Gasteiger partial charge in [0, 0.05) is 25.3 Å². The Morgan fingerprint density at radius 2 is 2.29 bits per heavy atom. The van der Waals surface area contributed by atoms with Gasteiger partial charge in [0.1, 0.15) is 5.65 Å². The second kappa shape index (κ2) is 6.45. The Hall–Kier alpha value is -1.59. The number of fused-ring (bicyclic) bond motifs is 1. The first-order chi connectivity index (χ1) is 10.3. The molecule has 0 aromatic carbocycles. The molecule has 5 heteroatoms. The van der Waals surface area contributed by atoms with Gasteiger partial charge < -0.3 is 19.7 Å². The summed E-state index contributed by atoms with van der Waals surface area (Å²) < 4.78 is 2.16. The number of aromatic nitrogens is 2. The Kier molecular flexibility index (Phi) is 4.41. The molecule has 5 nitrogen and oxygen atoms in total. The zero-order chi connectivity index (χ0) is 14.7. The van der Waals surface area contributed by atoms with Crippen molar-refractivity contribution in [3.05, 3.63) is 30.1 Å². The lowest BCUT2D eigenvalue weighted by atomic mass is 10.3. The van der Waals surface area contributed by atoms with Crippen LogP contribution in [0.1, 0.15) is 31.9 Å². The summed E-state index contributed by atoms with van der Waals surface area (Å²) in [6, 6.07) is 6.64. The molecule has 2 heterocycles. The van der Waals surface area contributed by atoms with Gasteiger partial charge in [0.05, 0.1) is 12.3 Å². The summed E-state index contributed by atoms with van der Waals surface area (Å²) in [5, 5.41) is 12.8. The van der Waals surface area contributed by atoms with Crippen molar-refractivity contribution in [2.45, 2.75) is 38.8 Å². The Morgan fingerprint density at radius 1 is 1.43 bits per heavy atom. The van der Waals surface area contributed by atoms with Crippen molar-refractivity contribution in [3.8, 4) is 0 Å². The Labute approximate surface area is 125 Å². The van der Waals surface area contributed by atoms with E-state index >= 15 is 0 Å². The van der Waals surface area contributed by atoms with Crippen molar-refractivity contribution in [1.29, 1.82) is 0 Å². The fourth-order valence-electron chi connectivity index (χ4n) is 2.77. The van der Waals surface area contributed by atoms with Crippen LogP contribution in [0.3, 0.4) is 0 Å². The van der Waals surface area contributed by atoms with Crippen molar-refractivity contribution >= 4 is 11.5 Å². The van der Waals surface area contributed by atoms with Crippen molar-refractivity contribution < 1.29 is 5.11 Å². The van der Waals surface area contributed by atoms with Crippen LogP contribution in [0, 0.1) is 0 Å². The Morgan fingerprint density at radius 3 is 3.00 bits per heavy atom. The number of hydrogen-bond acceptors (Lipinski definition) is 4. The van der Waals surface area contributed by atoms with Gasteiger partial charge in [0.25, 0.3) is 0 Å². The van der Waals surface area contributed by atoms with E-state index in [4.69, 9.17) is 4.98 Å². The number of hydrogen-bond donors (Lipinski definition) is 2. The third kappa shape index (κ3) is 3.04. The highest BCUT2D eigenvalue weighted by atomic mass is 16.3. The summed E-state index contributed by atoms with van der Waals surface area (Å²) >= 11 is 0. The fourth-order valence-corrected chi connectivity index (χ4v) is 2.77. The van der Waals surface area contributed by atoms with Gasteiger partial charge in [0.15, 0.2) is 5.82 Å². The molecular formula is C16H24N4O. The molecule has 2 aromatic rings. The van der Waals surface area contributed by atoms with E-state index in [2.05, 4.69) is 27.7 Å². The van der Waals surface area contributed by atoms with Crippen LogP contribution in [0.25, 0.3) is 5.65 Å². The minimum atomic E-state index is 0.173. The lowest BCUT2D eigenvalue weighted by Gasteiger charge is -2.22. The van der Waals surface area contributed by atoms with Gasteiger partial charge >= 0.3 is 0 Å². The third-order valence-electron chi connectivity index (χ3n) is 3.93. The fraction of sp³-hybridized carbons (Fsp3) is 0.562. The monoisotopic (exact) mass is 288 g/mol. The molecule has 0 unspecified atom stereocenters. The Balaban J connectivity index is 1.96. The van der Waals surface area contributed by atoms with Crippen LogP contribution in [-0.2, 0) is 6.54 Å². The molecule has 2 N–H and O–H groups in total. The van der Waals surface area contributed by atoms with Gasteiger partial charge in [-0.25, -0.2) is 4.98 Å². The second-order valence-corrected chi connectivity index (χ2v) is 5.64. The molecule has 0 atom stereocenters. The van der Waals surface area contributed by atoms with Crippen LogP contribution >= 0.6 is 0 Å². The van der Waals surface area contributed by atoms with E-state index in [-0.39, 0.29) is 6.61 Å². The van der Waals surface area contributed by atoms with E-state index in [1.54, 1.807) is 0 Å². The zero-order valence-corrected chi connectivity index (χ0v) is 12.6. The van der Waals surface area contributed by atoms with Gasteiger partial charge in [-0.1, -0.05) is 13.0 Å².